The van der Waals surface area contributed by atoms with Crippen molar-refractivity contribution in [3.05, 3.63) is 29.7 Å². The Kier molecular flexibility index (Phi) is 3.66. The number of aromatic nitrogens is 4. The monoisotopic (exact) mass is 309 g/mol. The second kappa shape index (κ2) is 5.65. The molecule has 0 spiro atoms. The molecule has 7 nitrogen and oxygen atoms in total. The van der Waals surface area contributed by atoms with Crippen molar-refractivity contribution < 1.29 is 0 Å². The second-order valence-electron chi connectivity index (χ2n) is 5.65. The highest BCUT2D eigenvalue weighted by molar-refractivity contribution is 5.96. The van der Waals surface area contributed by atoms with E-state index in [1.165, 1.54) is 0 Å². The first-order valence-electron chi connectivity index (χ1n) is 7.46. The van der Waals surface area contributed by atoms with Gasteiger partial charge in [0, 0.05) is 31.0 Å². The fraction of sp³-hybridized carbons (Fsp3) is 0.312. The molecule has 118 valence electrons. The van der Waals surface area contributed by atoms with E-state index in [-0.39, 0.29) is 0 Å². The van der Waals surface area contributed by atoms with Crippen LogP contribution in [0.2, 0.25) is 0 Å². The lowest BCUT2D eigenvalue weighted by molar-refractivity contribution is 0.519. The maximum Gasteiger partial charge on any atom is 0.143 e. The Morgan fingerprint density at radius 1 is 1.35 bits per heavy atom. The van der Waals surface area contributed by atoms with Crippen LogP contribution in [0, 0.1) is 18.3 Å². The van der Waals surface area contributed by atoms with Crippen LogP contribution in [0.3, 0.4) is 0 Å². The highest BCUT2D eigenvalue weighted by Gasteiger charge is 2.13. The number of nitrogens with zero attached hydrogens (tertiary/aromatic N) is 4. The number of H-pyrrole nitrogens is 1. The normalized spacial score (nSPS) is 11.0. The smallest absolute Gasteiger partial charge is 0.143 e. The lowest BCUT2D eigenvalue weighted by Crippen LogP contribution is -2.05. The first-order valence-corrected chi connectivity index (χ1v) is 7.46. The van der Waals surface area contributed by atoms with Gasteiger partial charge in [0.25, 0.3) is 0 Å². The van der Waals surface area contributed by atoms with Gasteiger partial charge >= 0.3 is 0 Å². The molecule has 0 unspecified atom stereocenters. The maximum atomic E-state index is 9.19. The average Bonchev–Trinajstić information content (AvgIpc) is 3.10. The summed E-state index contributed by atoms with van der Waals surface area (Å²) in [6, 6.07) is 4.37. The molecule has 0 aromatic carbocycles. The fourth-order valence-corrected chi connectivity index (χ4v) is 2.69. The number of fused-ring (bicyclic) bond motifs is 1. The molecule has 0 aliphatic heterocycles. The number of nitriles is 1. The number of pyridine rings is 1. The third-order valence-electron chi connectivity index (χ3n) is 3.83. The van der Waals surface area contributed by atoms with E-state index in [0.717, 1.165) is 22.5 Å². The van der Waals surface area contributed by atoms with Crippen LogP contribution in [-0.4, -0.2) is 26.8 Å². The SMILES string of the molecule is CNc1cc(Nc2cnn(C(C)C)c2C)nc2[nH]cc(C#N)c12. The zero-order valence-corrected chi connectivity index (χ0v) is 13.6. The molecule has 0 radical (unpaired) electrons. The van der Waals surface area contributed by atoms with Gasteiger partial charge in [0.1, 0.15) is 17.5 Å². The summed E-state index contributed by atoms with van der Waals surface area (Å²) in [5, 5.41) is 20.8. The Morgan fingerprint density at radius 2 is 2.13 bits per heavy atom. The molecular formula is C16H19N7. The van der Waals surface area contributed by atoms with Crippen molar-refractivity contribution in [1.82, 2.24) is 19.7 Å². The predicted octanol–water partition coefficient (Wildman–Crippen LogP) is 3.31. The molecule has 0 atom stereocenters. The van der Waals surface area contributed by atoms with Gasteiger partial charge in [-0.05, 0) is 20.8 Å². The molecule has 0 amide bonds. The van der Waals surface area contributed by atoms with Gasteiger partial charge in [-0.25, -0.2) is 4.98 Å². The van der Waals surface area contributed by atoms with E-state index in [0.29, 0.717) is 23.1 Å². The minimum absolute atomic E-state index is 0.301. The van der Waals surface area contributed by atoms with E-state index in [1.54, 1.807) is 12.4 Å². The largest absolute Gasteiger partial charge is 0.387 e. The Bertz CT molecular complexity index is 895. The topological polar surface area (TPSA) is 94.3 Å². The van der Waals surface area contributed by atoms with Gasteiger partial charge in [0.15, 0.2) is 0 Å². The Balaban J connectivity index is 2.03. The van der Waals surface area contributed by atoms with Crippen molar-refractivity contribution in [1.29, 1.82) is 5.26 Å². The Labute approximate surface area is 134 Å². The van der Waals surface area contributed by atoms with Crippen LogP contribution < -0.4 is 10.6 Å². The van der Waals surface area contributed by atoms with Crippen molar-refractivity contribution in [2.75, 3.05) is 17.7 Å². The molecular weight excluding hydrogens is 290 g/mol. The van der Waals surface area contributed by atoms with Gasteiger partial charge in [0.05, 0.1) is 28.5 Å². The van der Waals surface area contributed by atoms with Gasteiger partial charge in [0.2, 0.25) is 0 Å². The van der Waals surface area contributed by atoms with Crippen LogP contribution in [0.15, 0.2) is 18.5 Å². The summed E-state index contributed by atoms with van der Waals surface area (Å²) in [7, 11) is 1.83. The van der Waals surface area contributed by atoms with Gasteiger partial charge < -0.3 is 15.6 Å². The summed E-state index contributed by atoms with van der Waals surface area (Å²) in [6.07, 6.45) is 3.47. The molecule has 3 aromatic rings. The molecule has 0 saturated carbocycles. The molecule has 0 saturated heterocycles. The highest BCUT2D eigenvalue weighted by Crippen LogP contribution is 2.29. The van der Waals surface area contributed by atoms with Crippen LogP contribution in [0.5, 0.6) is 0 Å². The summed E-state index contributed by atoms with van der Waals surface area (Å²) >= 11 is 0. The highest BCUT2D eigenvalue weighted by atomic mass is 15.3. The quantitative estimate of drug-likeness (QED) is 0.687. The number of anilines is 3. The first-order chi connectivity index (χ1) is 11.0. The molecule has 23 heavy (non-hydrogen) atoms. The van der Waals surface area contributed by atoms with E-state index in [9.17, 15) is 5.26 Å². The number of hydrogen-bond donors (Lipinski definition) is 3. The standard InChI is InChI=1S/C16H19N7/c1-9(2)23-10(3)13(8-20-23)21-14-5-12(18-4)15-11(6-17)7-19-16(15)22-14/h5,7-9H,1-4H3,(H3,18,19,21,22). The number of nitrogens with one attached hydrogen (secondary N) is 3. The van der Waals surface area contributed by atoms with E-state index < -0.39 is 0 Å². The fourth-order valence-electron chi connectivity index (χ4n) is 2.69. The van der Waals surface area contributed by atoms with Crippen LogP contribution in [0.1, 0.15) is 31.1 Å². The first kappa shape index (κ1) is 14.9. The molecule has 3 aromatic heterocycles. The Hall–Kier alpha value is -3.01. The molecule has 3 rings (SSSR count). The molecule has 3 heterocycles. The number of aromatic amines is 1. The third-order valence-corrected chi connectivity index (χ3v) is 3.83. The van der Waals surface area contributed by atoms with E-state index in [2.05, 4.69) is 45.6 Å². The average molecular weight is 309 g/mol. The molecule has 0 aliphatic rings. The van der Waals surface area contributed by atoms with Gasteiger partial charge in [-0.15, -0.1) is 0 Å². The summed E-state index contributed by atoms with van der Waals surface area (Å²) in [5.74, 6) is 0.694. The Morgan fingerprint density at radius 3 is 2.74 bits per heavy atom. The van der Waals surface area contributed by atoms with Gasteiger partial charge in [-0.2, -0.15) is 10.4 Å². The summed E-state index contributed by atoms with van der Waals surface area (Å²) in [6.45, 7) is 6.21. The lowest BCUT2D eigenvalue weighted by atomic mass is 10.2. The van der Waals surface area contributed by atoms with Crippen molar-refractivity contribution in [2.45, 2.75) is 26.8 Å². The molecule has 3 N–H and O–H groups in total. The van der Waals surface area contributed by atoms with Crippen LogP contribution in [-0.2, 0) is 0 Å². The zero-order chi connectivity index (χ0) is 16.6. The van der Waals surface area contributed by atoms with E-state index >= 15 is 0 Å². The summed E-state index contributed by atoms with van der Waals surface area (Å²) in [5.41, 5.74) is 4.07. The van der Waals surface area contributed by atoms with Crippen molar-refractivity contribution in [2.24, 2.45) is 0 Å². The number of hydrogen-bond acceptors (Lipinski definition) is 5. The molecule has 0 fully saturated rings. The molecule has 0 bridgehead atoms. The maximum absolute atomic E-state index is 9.19. The van der Waals surface area contributed by atoms with Crippen molar-refractivity contribution in [3.63, 3.8) is 0 Å². The lowest BCUT2D eigenvalue weighted by Gasteiger charge is -2.11. The number of rotatable bonds is 4. The van der Waals surface area contributed by atoms with E-state index in [4.69, 9.17) is 0 Å². The molecule has 0 aliphatic carbocycles. The van der Waals surface area contributed by atoms with Gasteiger partial charge in [-0.1, -0.05) is 0 Å². The van der Waals surface area contributed by atoms with Crippen LogP contribution in [0.25, 0.3) is 11.0 Å². The van der Waals surface area contributed by atoms with Crippen LogP contribution in [0.4, 0.5) is 17.2 Å². The van der Waals surface area contributed by atoms with Crippen molar-refractivity contribution >= 4 is 28.2 Å². The van der Waals surface area contributed by atoms with Gasteiger partial charge in [-0.3, -0.25) is 4.68 Å². The summed E-state index contributed by atoms with van der Waals surface area (Å²) in [4.78, 5) is 7.59. The molecule has 7 heteroatoms. The predicted molar refractivity (Wildman–Crippen MR) is 91.0 cm³/mol. The van der Waals surface area contributed by atoms with E-state index in [1.807, 2.05) is 24.7 Å². The third kappa shape index (κ3) is 2.48. The minimum atomic E-state index is 0.301. The van der Waals surface area contributed by atoms with Crippen LogP contribution >= 0.6 is 0 Å². The summed E-state index contributed by atoms with van der Waals surface area (Å²) < 4.78 is 1.96. The van der Waals surface area contributed by atoms with Crippen molar-refractivity contribution in [3.8, 4) is 6.07 Å². The zero-order valence-electron chi connectivity index (χ0n) is 13.6. The minimum Gasteiger partial charge on any atom is -0.387 e. The second-order valence-corrected chi connectivity index (χ2v) is 5.65.